The van der Waals surface area contributed by atoms with Crippen LogP contribution in [0.3, 0.4) is 0 Å². The summed E-state index contributed by atoms with van der Waals surface area (Å²) in [6.45, 7) is 4.79. The molecule has 2 aromatic rings. The number of carbonyl (C=O) groups is 1. The number of ether oxygens (including phenoxy) is 1. The fraction of sp³-hybridized carbons (Fsp3) is 0.526. The number of aryl methyl sites for hydroxylation is 1. The van der Waals surface area contributed by atoms with Crippen LogP contribution in [0.1, 0.15) is 40.5 Å². The topological polar surface area (TPSA) is 71.1 Å². The predicted molar refractivity (Wildman–Crippen MR) is 93.2 cm³/mol. The lowest BCUT2D eigenvalue weighted by Gasteiger charge is -2.17. The lowest BCUT2D eigenvalue weighted by molar-refractivity contribution is 0.0739. The summed E-state index contributed by atoms with van der Waals surface area (Å²) in [5.74, 6) is 1.29. The van der Waals surface area contributed by atoms with Gasteiger partial charge in [-0.2, -0.15) is 5.10 Å². The van der Waals surface area contributed by atoms with Gasteiger partial charge in [0.05, 0.1) is 18.4 Å². The molecule has 25 heavy (non-hydrogen) atoms. The van der Waals surface area contributed by atoms with Crippen LogP contribution in [-0.4, -0.2) is 52.3 Å². The molecule has 2 fully saturated rings. The van der Waals surface area contributed by atoms with Gasteiger partial charge in [-0.25, -0.2) is 0 Å². The molecular formula is C19H24N4O2. The lowest BCUT2D eigenvalue weighted by atomic mass is 9.93. The van der Waals surface area contributed by atoms with Crippen molar-refractivity contribution in [2.75, 3.05) is 26.3 Å². The Morgan fingerprint density at radius 3 is 2.88 bits per heavy atom. The van der Waals surface area contributed by atoms with Crippen LogP contribution < -0.4 is 0 Å². The molecule has 6 heteroatoms. The second-order valence-corrected chi connectivity index (χ2v) is 7.22. The molecule has 1 aliphatic heterocycles. The molecule has 4 rings (SSSR count). The maximum atomic E-state index is 12.8. The molecule has 0 unspecified atom stereocenters. The first kappa shape index (κ1) is 16.3. The third-order valence-electron chi connectivity index (χ3n) is 5.24. The smallest absolute Gasteiger partial charge is 0.257 e. The Bertz CT molecular complexity index is 726. The van der Waals surface area contributed by atoms with Gasteiger partial charge in [-0.1, -0.05) is 6.07 Å². The second-order valence-electron chi connectivity index (χ2n) is 7.22. The van der Waals surface area contributed by atoms with Gasteiger partial charge in [-0.15, -0.1) is 0 Å². The number of hydrogen-bond donors (Lipinski definition) is 1. The maximum absolute atomic E-state index is 12.8. The molecule has 0 spiro atoms. The molecule has 1 N–H and O–H groups in total. The zero-order chi connectivity index (χ0) is 17.2. The zero-order valence-corrected chi connectivity index (χ0v) is 14.5. The standard InChI is InChI=1S/C19H24N4O2/c1-13-16(8-21-22-13)19(24)23-9-15(12-25-11-14-5-6-14)17(10-23)18-4-2-3-7-20-18/h2-4,7-8,14-15,17H,5-6,9-12H2,1H3,(H,21,22)/t15-,17+/m0/s1. The van der Waals surface area contributed by atoms with E-state index < -0.39 is 0 Å². The van der Waals surface area contributed by atoms with E-state index in [0.29, 0.717) is 25.3 Å². The van der Waals surface area contributed by atoms with Gasteiger partial charge < -0.3 is 9.64 Å². The normalized spacial score (nSPS) is 23.2. The van der Waals surface area contributed by atoms with E-state index in [0.717, 1.165) is 23.9 Å². The molecule has 0 radical (unpaired) electrons. The number of rotatable bonds is 6. The summed E-state index contributed by atoms with van der Waals surface area (Å²) in [4.78, 5) is 19.3. The Morgan fingerprint density at radius 2 is 2.20 bits per heavy atom. The Balaban J connectivity index is 1.48. The first-order chi connectivity index (χ1) is 12.2. The monoisotopic (exact) mass is 340 g/mol. The van der Waals surface area contributed by atoms with Crippen LogP contribution in [0.15, 0.2) is 30.6 Å². The van der Waals surface area contributed by atoms with Crippen molar-refractivity contribution in [2.24, 2.45) is 11.8 Å². The number of hydrogen-bond acceptors (Lipinski definition) is 4. The Labute approximate surface area is 147 Å². The van der Waals surface area contributed by atoms with Crippen molar-refractivity contribution < 1.29 is 9.53 Å². The van der Waals surface area contributed by atoms with Gasteiger partial charge in [0.15, 0.2) is 0 Å². The molecule has 2 atom stereocenters. The number of carbonyl (C=O) groups excluding carboxylic acids is 1. The van der Waals surface area contributed by atoms with E-state index in [2.05, 4.69) is 21.2 Å². The molecule has 0 aromatic carbocycles. The van der Waals surface area contributed by atoms with Crippen LogP contribution in [0.25, 0.3) is 0 Å². The van der Waals surface area contributed by atoms with E-state index in [9.17, 15) is 4.79 Å². The van der Waals surface area contributed by atoms with Gasteiger partial charge in [-0.3, -0.25) is 14.9 Å². The number of nitrogens with one attached hydrogen (secondary N) is 1. The number of nitrogens with zero attached hydrogens (tertiary/aromatic N) is 3. The zero-order valence-electron chi connectivity index (χ0n) is 14.5. The molecule has 1 aliphatic carbocycles. The molecule has 2 aromatic heterocycles. The summed E-state index contributed by atoms with van der Waals surface area (Å²) in [5, 5.41) is 6.82. The summed E-state index contributed by atoms with van der Waals surface area (Å²) < 4.78 is 5.95. The van der Waals surface area contributed by atoms with Crippen molar-refractivity contribution in [2.45, 2.75) is 25.7 Å². The van der Waals surface area contributed by atoms with Crippen LogP contribution in [0.4, 0.5) is 0 Å². The summed E-state index contributed by atoms with van der Waals surface area (Å²) in [5.41, 5.74) is 2.51. The van der Waals surface area contributed by atoms with Crippen molar-refractivity contribution in [1.29, 1.82) is 0 Å². The van der Waals surface area contributed by atoms with Crippen LogP contribution in [0, 0.1) is 18.8 Å². The Morgan fingerprint density at radius 1 is 1.32 bits per heavy atom. The number of aromatic nitrogens is 3. The van der Waals surface area contributed by atoms with E-state index in [1.807, 2.05) is 30.2 Å². The molecule has 6 nitrogen and oxygen atoms in total. The van der Waals surface area contributed by atoms with E-state index in [4.69, 9.17) is 4.74 Å². The predicted octanol–water partition coefficient (Wildman–Crippen LogP) is 2.40. The number of pyridine rings is 1. The van der Waals surface area contributed by atoms with Crippen molar-refractivity contribution in [3.63, 3.8) is 0 Å². The Kier molecular flexibility index (Phi) is 4.53. The highest BCUT2D eigenvalue weighted by Crippen LogP contribution is 2.34. The summed E-state index contributed by atoms with van der Waals surface area (Å²) >= 11 is 0. The van der Waals surface area contributed by atoms with Crippen molar-refractivity contribution in [3.8, 4) is 0 Å². The first-order valence-corrected chi connectivity index (χ1v) is 9.00. The van der Waals surface area contributed by atoms with Crippen LogP contribution >= 0.6 is 0 Å². The minimum absolute atomic E-state index is 0.0388. The summed E-state index contributed by atoms with van der Waals surface area (Å²) in [6, 6.07) is 5.99. The molecule has 1 amide bonds. The third kappa shape index (κ3) is 3.58. The molecule has 1 saturated carbocycles. The fourth-order valence-corrected chi connectivity index (χ4v) is 3.54. The molecule has 132 valence electrons. The van der Waals surface area contributed by atoms with Gasteiger partial charge >= 0.3 is 0 Å². The van der Waals surface area contributed by atoms with Gasteiger partial charge in [0.25, 0.3) is 5.91 Å². The molecule has 2 aliphatic rings. The van der Waals surface area contributed by atoms with E-state index >= 15 is 0 Å². The average Bonchev–Trinajstić information content (AvgIpc) is 3.20. The van der Waals surface area contributed by atoms with Gasteiger partial charge in [0, 0.05) is 49.1 Å². The minimum Gasteiger partial charge on any atom is -0.381 e. The number of amides is 1. The van der Waals surface area contributed by atoms with Gasteiger partial charge in [0.2, 0.25) is 0 Å². The fourth-order valence-electron chi connectivity index (χ4n) is 3.54. The highest BCUT2D eigenvalue weighted by atomic mass is 16.5. The van der Waals surface area contributed by atoms with Crippen LogP contribution in [-0.2, 0) is 4.74 Å². The van der Waals surface area contributed by atoms with Gasteiger partial charge in [-0.05, 0) is 37.8 Å². The molecule has 1 saturated heterocycles. The average molecular weight is 340 g/mol. The van der Waals surface area contributed by atoms with Crippen LogP contribution in [0.5, 0.6) is 0 Å². The summed E-state index contributed by atoms with van der Waals surface area (Å²) in [6.07, 6.45) is 6.02. The molecule has 3 heterocycles. The quantitative estimate of drug-likeness (QED) is 0.876. The highest BCUT2D eigenvalue weighted by molar-refractivity contribution is 5.95. The molecule has 0 bridgehead atoms. The van der Waals surface area contributed by atoms with E-state index in [1.165, 1.54) is 12.8 Å². The minimum atomic E-state index is 0.0388. The first-order valence-electron chi connectivity index (χ1n) is 9.00. The summed E-state index contributed by atoms with van der Waals surface area (Å²) in [7, 11) is 0. The number of aromatic amines is 1. The third-order valence-corrected chi connectivity index (χ3v) is 5.24. The van der Waals surface area contributed by atoms with E-state index in [1.54, 1.807) is 6.20 Å². The van der Waals surface area contributed by atoms with E-state index in [-0.39, 0.29) is 17.7 Å². The number of likely N-dealkylation sites (tertiary alicyclic amines) is 1. The second kappa shape index (κ2) is 6.96. The van der Waals surface area contributed by atoms with Crippen molar-refractivity contribution in [1.82, 2.24) is 20.1 Å². The van der Waals surface area contributed by atoms with Gasteiger partial charge in [0.1, 0.15) is 0 Å². The SMILES string of the molecule is Cc1[nH]ncc1C(=O)N1C[C@@H](COCC2CC2)[C@H](c2ccccn2)C1. The highest BCUT2D eigenvalue weighted by Gasteiger charge is 2.38. The largest absolute Gasteiger partial charge is 0.381 e. The number of H-pyrrole nitrogens is 1. The van der Waals surface area contributed by atoms with Crippen LogP contribution in [0.2, 0.25) is 0 Å². The van der Waals surface area contributed by atoms with Crippen molar-refractivity contribution in [3.05, 3.63) is 47.5 Å². The lowest BCUT2D eigenvalue weighted by Crippen LogP contribution is -2.29. The Hall–Kier alpha value is -2.21. The van der Waals surface area contributed by atoms with Crippen molar-refractivity contribution >= 4 is 5.91 Å². The molecular weight excluding hydrogens is 316 g/mol. The maximum Gasteiger partial charge on any atom is 0.257 e.